The van der Waals surface area contributed by atoms with Gasteiger partial charge in [0.2, 0.25) is 0 Å². The van der Waals surface area contributed by atoms with Gasteiger partial charge in [0.25, 0.3) is 6.57 Å². The molecule has 4 heteroatoms. The van der Waals surface area contributed by atoms with E-state index in [2.05, 4.69) is 80.7 Å². The minimum absolute atomic E-state index is 0.579. The summed E-state index contributed by atoms with van der Waals surface area (Å²) in [4.78, 5) is 5.29. The maximum absolute atomic E-state index is 2.65. The van der Waals surface area contributed by atoms with Gasteiger partial charge in [-0.05, 0) is 26.2 Å². The van der Waals surface area contributed by atoms with Gasteiger partial charge in [0.15, 0.2) is 0 Å². The van der Waals surface area contributed by atoms with Crippen LogP contribution in [0.5, 0.6) is 0 Å². The van der Waals surface area contributed by atoms with Crippen LogP contribution >= 0.6 is 0 Å². The third-order valence-corrected chi connectivity index (χ3v) is 8.32. The summed E-state index contributed by atoms with van der Waals surface area (Å²) >= 11 is 0. The Hall–Kier alpha value is -0.578. The van der Waals surface area contributed by atoms with E-state index in [1.165, 1.54) is 0 Å². The molecule has 0 saturated heterocycles. The van der Waals surface area contributed by atoms with Crippen molar-refractivity contribution >= 4 is 19.7 Å². The van der Waals surface area contributed by atoms with Gasteiger partial charge in [0.1, 0.15) is 0 Å². The fourth-order valence-electron chi connectivity index (χ4n) is 3.30. The third kappa shape index (κ3) is 3.74. The summed E-state index contributed by atoms with van der Waals surface area (Å²) in [5.41, 5.74) is 0. The second-order valence-corrected chi connectivity index (χ2v) is 10.4. The molecule has 2 nitrogen and oxygen atoms in total. The van der Waals surface area contributed by atoms with Crippen molar-refractivity contribution in [1.82, 2.24) is 9.62 Å². The third-order valence-electron chi connectivity index (χ3n) is 4.48. The van der Waals surface area contributed by atoms with E-state index in [0.29, 0.717) is 6.57 Å². The quantitative estimate of drug-likeness (QED) is 0.679. The molecule has 1 aromatic rings. The van der Waals surface area contributed by atoms with Gasteiger partial charge in [-0.25, -0.2) is 0 Å². The molecule has 0 fully saturated rings. The minimum Gasteiger partial charge on any atom is -0.331 e. The topological polar surface area (TPSA) is 6.48 Å². The fraction of sp³-hybridized carbons (Fsp3) is 0.625. The van der Waals surface area contributed by atoms with E-state index in [0.717, 1.165) is 26.2 Å². The van der Waals surface area contributed by atoms with Crippen molar-refractivity contribution in [3.63, 3.8) is 0 Å². The van der Waals surface area contributed by atoms with Crippen LogP contribution in [0.15, 0.2) is 30.3 Å². The van der Waals surface area contributed by atoms with Gasteiger partial charge in [-0.1, -0.05) is 76.3 Å². The lowest BCUT2D eigenvalue weighted by Gasteiger charge is -2.43. The van der Waals surface area contributed by atoms with E-state index in [-0.39, 0.29) is 0 Å². The molecule has 0 radical (unpaired) electrons. The second-order valence-electron chi connectivity index (χ2n) is 5.90. The fourth-order valence-corrected chi connectivity index (χ4v) is 7.21. The van der Waals surface area contributed by atoms with Crippen LogP contribution in [-0.4, -0.2) is 50.3 Å². The molecular weight excluding hydrogens is 259 g/mol. The smallest absolute Gasteiger partial charge is 0.300 e. The normalized spacial score (nSPS) is 12.2. The Labute approximate surface area is 127 Å². The lowest BCUT2D eigenvalue weighted by Crippen LogP contribution is -2.71. The molecule has 0 amide bonds. The van der Waals surface area contributed by atoms with Gasteiger partial charge in [-0.2, -0.15) is 0 Å². The van der Waals surface area contributed by atoms with Crippen LogP contribution in [0.1, 0.15) is 27.7 Å². The van der Waals surface area contributed by atoms with Crippen molar-refractivity contribution in [2.75, 3.05) is 26.2 Å². The maximum atomic E-state index is 2.65. The molecule has 1 aromatic carbocycles. The summed E-state index contributed by atoms with van der Waals surface area (Å²) in [5, 5.41) is 1.56. The first kappa shape index (κ1) is 17.5. The first-order valence-corrected chi connectivity index (χ1v) is 11.1. The second kappa shape index (κ2) is 8.01. The molecule has 1 rings (SSSR count). The molecule has 0 aliphatic heterocycles. The molecule has 0 spiro atoms. The number of nitrogens with zero attached hydrogens (tertiary/aromatic N) is 2. The van der Waals surface area contributed by atoms with E-state index in [4.69, 9.17) is 0 Å². The predicted octanol–water partition coefficient (Wildman–Crippen LogP) is 2.85. The standard InChI is InChI=1S/C16H31BN2Si/c1-7-18(8-2)17(19(9-3)10-4)20(5,6)16-14-12-11-13-15-16/h11-15H,7-10H2,1-6H3. The van der Waals surface area contributed by atoms with E-state index < -0.39 is 7.94 Å². The Morgan fingerprint density at radius 1 is 0.800 bits per heavy atom. The Balaban J connectivity index is 3.20. The van der Waals surface area contributed by atoms with Crippen LogP contribution in [0.2, 0.25) is 13.1 Å². The first-order valence-electron chi connectivity index (χ1n) is 8.06. The Morgan fingerprint density at radius 2 is 1.20 bits per heavy atom. The number of benzene rings is 1. The summed E-state index contributed by atoms with van der Waals surface area (Å²) in [6, 6.07) is 11.1. The zero-order valence-corrected chi connectivity index (χ0v) is 15.2. The molecule has 0 unspecified atom stereocenters. The van der Waals surface area contributed by atoms with E-state index in [1.54, 1.807) is 5.19 Å². The Morgan fingerprint density at radius 3 is 1.55 bits per heavy atom. The van der Waals surface area contributed by atoms with Crippen LogP contribution in [0.3, 0.4) is 0 Å². The summed E-state index contributed by atoms with van der Waals surface area (Å²) in [6.45, 7) is 19.3. The largest absolute Gasteiger partial charge is 0.331 e. The molecule has 20 heavy (non-hydrogen) atoms. The highest BCUT2D eigenvalue weighted by Crippen LogP contribution is 2.16. The van der Waals surface area contributed by atoms with Gasteiger partial charge in [0, 0.05) is 0 Å². The summed E-state index contributed by atoms with van der Waals surface area (Å²) in [5.74, 6) is 0. The van der Waals surface area contributed by atoms with Crippen LogP contribution in [-0.2, 0) is 0 Å². The van der Waals surface area contributed by atoms with Gasteiger partial charge in [-0.15, -0.1) is 0 Å². The monoisotopic (exact) mass is 290 g/mol. The van der Waals surface area contributed by atoms with Gasteiger partial charge in [0.05, 0.1) is 7.94 Å². The van der Waals surface area contributed by atoms with Crippen molar-refractivity contribution in [1.29, 1.82) is 0 Å². The zero-order valence-electron chi connectivity index (χ0n) is 14.2. The lowest BCUT2D eigenvalue weighted by molar-refractivity contribution is 0.391. The van der Waals surface area contributed by atoms with Crippen molar-refractivity contribution in [2.24, 2.45) is 0 Å². The zero-order chi connectivity index (χ0) is 15.2. The molecule has 0 aliphatic carbocycles. The van der Waals surface area contributed by atoms with E-state index >= 15 is 0 Å². The Bertz CT molecular complexity index is 363. The first-order chi connectivity index (χ1) is 9.52. The van der Waals surface area contributed by atoms with Gasteiger partial charge < -0.3 is 9.62 Å². The minimum atomic E-state index is -1.57. The van der Waals surface area contributed by atoms with E-state index in [9.17, 15) is 0 Å². The average molecular weight is 290 g/mol. The SMILES string of the molecule is CCN(CC)B(N(CC)CC)[Si](C)(C)c1ccccc1. The summed E-state index contributed by atoms with van der Waals surface area (Å²) in [6.07, 6.45) is 0. The molecule has 0 N–H and O–H groups in total. The average Bonchev–Trinajstić information content (AvgIpc) is 2.48. The van der Waals surface area contributed by atoms with Crippen LogP contribution in [0, 0.1) is 0 Å². The highest BCUT2D eigenvalue weighted by molar-refractivity contribution is 7.35. The number of hydrogen-bond donors (Lipinski definition) is 0. The lowest BCUT2D eigenvalue weighted by atomic mass is 10.0. The highest BCUT2D eigenvalue weighted by Gasteiger charge is 2.44. The number of hydrogen-bond acceptors (Lipinski definition) is 2. The van der Waals surface area contributed by atoms with Crippen LogP contribution in [0.25, 0.3) is 0 Å². The predicted molar refractivity (Wildman–Crippen MR) is 95.2 cm³/mol. The highest BCUT2D eigenvalue weighted by atomic mass is 28.3. The van der Waals surface area contributed by atoms with Gasteiger partial charge >= 0.3 is 0 Å². The molecule has 0 aromatic heterocycles. The van der Waals surface area contributed by atoms with Crippen molar-refractivity contribution in [2.45, 2.75) is 40.8 Å². The molecule has 0 aliphatic rings. The van der Waals surface area contributed by atoms with E-state index in [1.807, 2.05) is 0 Å². The maximum Gasteiger partial charge on any atom is 0.300 e. The number of rotatable bonds is 8. The van der Waals surface area contributed by atoms with Crippen molar-refractivity contribution in [3.8, 4) is 0 Å². The molecule has 0 atom stereocenters. The molecule has 0 heterocycles. The molecule has 0 bridgehead atoms. The Kier molecular flexibility index (Phi) is 7.00. The molecular formula is C16H31BN2Si. The van der Waals surface area contributed by atoms with Crippen molar-refractivity contribution < 1.29 is 0 Å². The van der Waals surface area contributed by atoms with Crippen molar-refractivity contribution in [3.05, 3.63) is 30.3 Å². The van der Waals surface area contributed by atoms with Gasteiger partial charge in [-0.3, -0.25) is 0 Å². The molecule has 112 valence electrons. The van der Waals surface area contributed by atoms with Crippen LogP contribution in [0.4, 0.5) is 0 Å². The summed E-state index contributed by atoms with van der Waals surface area (Å²) < 4.78 is 0. The summed E-state index contributed by atoms with van der Waals surface area (Å²) in [7, 11) is -1.57. The van der Waals surface area contributed by atoms with Crippen LogP contribution < -0.4 is 5.19 Å². The molecule has 0 saturated carbocycles.